The highest BCUT2D eigenvalue weighted by Gasteiger charge is 2.44. The smallest absolute Gasteiger partial charge is 0.229 e. The van der Waals surface area contributed by atoms with E-state index in [2.05, 4.69) is 0 Å². The van der Waals surface area contributed by atoms with E-state index < -0.39 is 37.3 Å². The van der Waals surface area contributed by atoms with Crippen LogP contribution in [-0.4, -0.2) is 87.6 Å². The first kappa shape index (κ1) is 16.3. The van der Waals surface area contributed by atoms with Crippen LogP contribution in [0.1, 0.15) is 12.8 Å². The Hall–Kier alpha value is -1.10. The molecule has 2 amide bonds. The van der Waals surface area contributed by atoms with Crippen LogP contribution in [0.4, 0.5) is 0 Å². The van der Waals surface area contributed by atoms with E-state index in [1.54, 1.807) is 0 Å². The normalized spacial score (nSPS) is 37.3. The van der Waals surface area contributed by atoms with Crippen molar-refractivity contribution < 1.29 is 39.5 Å². The van der Waals surface area contributed by atoms with E-state index in [4.69, 9.17) is 14.6 Å². The van der Waals surface area contributed by atoms with E-state index in [-0.39, 0.29) is 37.8 Å². The molecule has 2 heterocycles. The van der Waals surface area contributed by atoms with Gasteiger partial charge in [-0.2, -0.15) is 0 Å². The Morgan fingerprint density at radius 2 is 1.71 bits per heavy atom. The van der Waals surface area contributed by atoms with E-state index in [9.17, 15) is 24.9 Å². The highest BCUT2D eigenvalue weighted by molar-refractivity contribution is 6.01. The Kier molecular flexibility index (Phi) is 5.25. The van der Waals surface area contributed by atoms with Gasteiger partial charge in [0, 0.05) is 12.8 Å². The van der Waals surface area contributed by atoms with E-state index in [1.807, 2.05) is 0 Å². The SMILES string of the molecule is O=C1CCC(=O)N1CCOC1OC(CO)C(O)C(O)C1O. The average molecular weight is 305 g/mol. The minimum atomic E-state index is -1.52. The third-order valence-corrected chi connectivity index (χ3v) is 3.60. The second-order valence-electron chi connectivity index (χ2n) is 5.01. The molecule has 0 spiro atoms. The van der Waals surface area contributed by atoms with Crippen molar-refractivity contribution in [1.82, 2.24) is 4.90 Å². The Morgan fingerprint density at radius 1 is 1.10 bits per heavy atom. The Balaban J connectivity index is 1.84. The number of carbonyl (C=O) groups excluding carboxylic acids is 2. The van der Waals surface area contributed by atoms with E-state index >= 15 is 0 Å². The van der Waals surface area contributed by atoms with Crippen LogP contribution in [0.25, 0.3) is 0 Å². The minimum Gasteiger partial charge on any atom is -0.394 e. The molecule has 9 heteroatoms. The fourth-order valence-corrected chi connectivity index (χ4v) is 2.34. The Labute approximate surface area is 120 Å². The van der Waals surface area contributed by atoms with E-state index in [0.717, 1.165) is 4.90 Å². The summed E-state index contributed by atoms with van der Waals surface area (Å²) in [5, 5.41) is 37.9. The third kappa shape index (κ3) is 3.39. The molecule has 0 radical (unpaired) electrons. The van der Waals surface area contributed by atoms with Crippen LogP contribution in [0.3, 0.4) is 0 Å². The summed E-state index contributed by atoms with van der Waals surface area (Å²) >= 11 is 0. The first-order chi connectivity index (χ1) is 9.95. The summed E-state index contributed by atoms with van der Waals surface area (Å²) in [5.41, 5.74) is 0. The zero-order valence-corrected chi connectivity index (χ0v) is 11.3. The number of hydrogen-bond donors (Lipinski definition) is 4. The monoisotopic (exact) mass is 305 g/mol. The lowest BCUT2D eigenvalue weighted by Crippen LogP contribution is -2.59. The summed E-state index contributed by atoms with van der Waals surface area (Å²) in [7, 11) is 0. The van der Waals surface area contributed by atoms with Gasteiger partial charge >= 0.3 is 0 Å². The first-order valence-corrected chi connectivity index (χ1v) is 6.71. The number of carbonyl (C=O) groups is 2. The summed E-state index contributed by atoms with van der Waals surface area (Å²) in [6.45, 7) is -0.610. The van der Waals surface area contributed by atoms with Gasteiger partial charge in [-0.1, -0.05) is 0 Å². The van der Waals surface area contributed by atoms with E-state index in [0.29, 0.717) is 0 Å². The van der Waals surface area contributed by atoms with Crippen LogP contribution >= 0.6 is 0 Å². The molecule has 2 fully saturated rings. The molecule has 0 aromatic rings. The molecule has 5 unspecified atom stereocenters. The Morgan fingerprint density at radius 3 is 2.29 bits per heavy atom. The Bertz CT molecular complexity index is 385. The van der Waals surface area contributed by atoms with Crippen molar-refractivity contribution in [3.05, 3.63) is 0 Å². The number of nitrogens with zero attached hydrogens (tertiary/aromatic N) is 1. The van der Waals surface area contributed by atoms with Crippen LogP contribution in [0, 0.1) is 0 Å². The molecular formula is C12H19NO8. The molecule has 4 N–H and O–H groups in total. The maximum absolute atomic E-state index is 11.4. The molecular weight excluding hydrogens is 286 g/mol. The largest absolute Gasteiger partial charge is 0.394 e. The number of rotatable bonds is 5. The van der Waals surface area contributed by atoms with Crippen LogP contribution in [0.2, 0.25) is 0 Å². The van der Waals surface area contributed by atoms with Crippen molar-refractivity contribution in [2.24, 2.45) is 0 Å². The molecule has 5 atom stereocenters. The summed E-state index contributed by atoms with van der Waals surface area (Å²) in [5.74, 6) is -0.560. The summed E-state index contributed by atoms with van der Waals surface area (Å²) < 4.78 is 10.3. The van der Waals surface area contributed by atoms with Gasteiger partial charge in [0.25, 0.3) is 0 Å². The van der Waals surface area contributed by atoms with Crippen LogP contribution in [0.5, 0.6) is 0 Å². The van der Waals surface area contributed by atoms with Gasteiger partial charge in [0.2, 0.25) is 11.8 Å². The lowest BCUT2D eigenvalue weighted by molar-refractivity contribution is -0.301. The maximum Gasteiger partial charge on any atom is 0.229 e. The van der Waals surface area contributed by atoms with Crippen LogP contribution in [0.15, 0.2) is 0 Å². The predicted molar refractivity (Wildman–Crippen MR) is 65.7 cm³/mol. The third-order valence-electron chi connectivity index (χ3n) is 3.60. The molecule has 0 bridgehead atoms. The van der Waals surface area contributed by atoms with Gasteiger partial charge in [0.1, 0.15) is 24.4 Å². The number of imide groups is 1. The highest BCUT2D eigenvalue weighted by atomic mass is 16.7. The average Bonchev–Trinajstić information content (AvgIpc) is 2.79. The van der Waals surface area contributed by atoms with Gasteiger partial charge < -0.3 is 29.9 Å². The molecule has 0 aromatic heterocycles. The van der Waals surface area contributed by atoms with Crippen molar-refractivity contribution in [1.29, 1.82) is 0 Å². The topological polar surface area (TPSA) is 137 Å². The number of hydrogen-bond acceptors (Lipinski definition) is 8. The molecule has 21 heavy (non-hydrogen) atoms. The lowest BCUT2D eigenvalue weighted by atomic mass is 9.99. The number of aliphatic hydroxyl groups is 4. The van der Waals surface area contributed by atoms with Gasteiger partial charge in [-0.15, -0.1) is 0 Å². The highest BCUT2D eigenvalue weighted by Crippen LogP contribution is 2.22. The fraction of sp³-hybridized carbons (Fsp3) is 0.833. The zero-order chi connectivity index (χ0) is 15.6. The van der Waals surface area contributed by atoms with Crippen molar-refractivity contribution in [3.63, 3.8) is 0 Å². The molecule has 2 saturated heterocycles. The first-order valence-electron chi connectivity index (χ1n) is 6.71. The van der Waals surface area contributed by atoms with Gasteiger partial charge in [-0.05, 0) is 0 Å². The number of ether oxygens (including phenoxy) is 2. The fourth-order valence-electron chi connectivity index (χ4n) is 2.34. The quantitative estimate of drug-likeness (QED) is 0.393. The van der Waals surface area contributed by atoms with Gasteiger partial charge in [-0.3, -0.25) is 14.5 Å². The standard InChI is InChI=1S/C12H19NO8/c14-5-6-9(17)10(18)11(19)12(21-6)20-4-3-13-7(15)1-2-8(13)16/h6,9-12,14,17-19H,1-5H2. The molecule has 9 nitrogen and oxygen atoms in total. The number of aliphatic hydroxyl groups excluding tert-OH is 4. The molecule has 2 aliphatic rings. The van der Waals surface area contributed by atoms with Crippen molar-refractivity contribution in [2.45, 2.75) is 43.5 Å². The van der Waals surface area contributed by atoms with Crippen LogP contribution in [-0.2, 0) is 19.1 Å². The lowest BCUT2D eigenvalue weighted by Gasteiger charge is -2.39. The molecule has 120 valence electrons. The number of likely N-dealkylation sites (tertiary alicyclic amines) is 1. The predicted octanol–water partition coefficient (Wildman–Crippen LogP) is -3.05. The molecule has 2 rings (SSSR count). The second kappa shape index (κ2) is 6.77. The molecule has 0 aromatic carbocycles. The number of amides is 2. The molecule has 0 saturated carbocycles. The minimum absolute atomic E-state index is 0.0205. The van der Waals surface area contributed by atoms with Crippen molar-refractivity contribution >= 4 is 11.8 Å². The van der Waals surface area contributed by atoms with Gasteiger partial charge in [-0.25, -0.2) is 0 Å². The van der Waals surface area contributed by atoms with E-state index in [1.165, 1.54) is 0 Å². The van der Waals surface area contributed by atoms with Crippen molar-refractivity contribution in [3.8, 4) is 0 Å². The van der Waals surface area contributed by atoms with Gasteiger partial charge in [0.15, 0.2) is 6.29 Å². The second-order valence-corrected chi connectivity index (χ2v) is 5.01. The van der Waals surface area contributed by atoms with Crippen LogP contribution < -0.4 is 0 Å². The summed E-state index contributed by atoms with van der Waals surface area (Å²) in [6.07, 6.45) is -6.41. The molecule has 2 aliphatic heterocycles. The van der Waals surface area contributed by atoms with Crippen molar-refractivity contribution in [2.75, 3.05) is 19.8 Å². The molecule has 0 aliphatic carbocycles. The maximum atomic E-state index is 11.4. The summed E-state index contributed by atoms with van der Waals surface area (Å²) in [4.78, 5) is 23.8. The summed E-state index contributed by atoms with van der Waals surface area (Å²) in [6, 6.07) is 0. The zero-order valence-electron chi connectivity index (χ0n) is 11.3. The van der Waals surface area contributed by atoms with Gasteiger partial charge in [0.05, 0.1) is 19.8 Å².